The maximum atomic E-state index is 12.7. The highest BCUT2D eigenvalue weighted by atomic mass is 32.2. The van der Waals surface area contributed by atoms with E-state index in [4.69, 9.17) is 0 Å². The Hall–Kier alpha value is -1.14. The van der Waals surface area contributed by atoms with Gasteiger partial charge in [-0.15, -0.1) is 0 Å². The van der Waals surface area contributed by atoms with Crippen molar-refractivity contribution in [3.63, 3.8) is 0 Å². The fraction of sp³-hybridized carbons (Fsp3) is 0.667. The summed E-state index contributed by atoms with van der Waals surface area (Å²) in [5.74, 6) is 0.888. The number of sulfonamides is 1. The molecule has 0 radical (unpaired) electrons. The molecule has 2 N–H and O–H groups in total. The lowest BCUT2D eigenvalue weighted by Gasteiger charge is -2.34. The van der Waals surface area contributed by atoms with E-state index in [1.165, 1.54) is 12.6 Å². The Labute approximate surface area is 127 Å². The largest absolute Gasteiger partial charge is 0.387 e. The minimum Gasteiger partial charge on any atom is -0.387 e. The predicted octanol–water partition coefficient (Wildman–Crippen LogP) is 2.62. The molecule has 0 amide bonds. The molecule has 1 aromatic rings. The van der Waals surface area contributed by atoms with Gasteiger partial charge in [0.1, 0.15) is 4.90 Å². The van der Waals surface area contributed by atoms with Crippen molar-refractivity contribution >= 4 is 15.7 Å². The van der Waals surface area contributed by atoms with Gasteiger partial charge in [-0.25, -0.2) is 13.1 Å². The van der Waals surface area contributed by atoms with Gasteiger partial charge in [0, 0.05) is 25.5 Å². The SMILES string of the molecule is CNc1ccncc1S(=O)(=O)NC1CCCCC1C(C)C. The van der Waals surface area contributed by atoms with Crippen LogP contribution in [-0.2, 0) is 10.0 Å². The van der Waals surface area contributed by atoms with Gasteiger partial charge in [0.2, 0.25) is 10.0 Å². The van der Waals surface area contributed by atoms with E-state index in [1.54, 1.807) is 19.3 Å². The van der Waals surface area contributed by atoms with Crippen LogP contribution < -0.4 is 10.0 Å². The number of hydrogen-bond acceptors (Lipinski definition) is 4. The molecular weight excluding hydrogens is 286 g/mol. The van der Waals surface area contributed by atoms with Crippen molar-refractivity contribution in [2.75, 3.05) is 12.4 Å². The van der Waals surface area contributed by atoms with Gasteiger partial charge in [0.05, 0.1) is 5.69 Å². The van der Waals surface area contributed by atoms with Crippen molar-refractivity contribution in [1.82, 2.24) is 9.71 Å². The van der Waals surface area contributed by atoms with Crippen LogP contribution in [0.5, 0.6) is 0 Å². The first-order chi connectivity index (χ1) is 9.95. The minimum absolute atomic E-state index is 0.0219. The van der Waals surface area contributed by atoms with Crippen LogP contribution in [-0.4, -0.2) is 26.5 Å². The summed E-state index contributed by atoms with van der Waals surface area (Å²) < 4.78 is 28.2. The second-order valence-corrected chi connectivity index (χ2v) is 7.72. The molecule has 1 fully saturated rings. The van der Waals surface area contributed by atoms with E-state index >= 15 is 0 Å². The lowest BCUT2D eigenvalue weighted by atomic mass is 9.78. The Balaban J connectivity index is 2.24. The molecular formula is C15H25N3O2S. The van der Waals surface area contributed by atoms with E-state index in [1.807, 2.05) is 0 Å². The van der Waals surface area contributed by atoms with E-state index in [-0.39, 0.29) is 10.9 Å². The number of anilines is 1. The first-order valence-corrected chi connectivity index (χ1v) is 9.08. The van der Waals surface area contributed by atoms with Crippen molar-refractivity contribution in [2.45, 2.75) is 50.5 Å². The highest BCUT2D eigenvalue weighted by molar-refractivity contribution is 7.89. The maximum absolute atomic E-state index is 12.7. The van der Waals surface area contributed by atoms with Crippen molar-refractivity contribution in [1.29, 1.82) is 0 Å². The monoisotopic (exact) mass is 311 g/mol. The lowest BCUT2D eigenvalue weighted by molar-refractivity contribution is 0.226. The summed E-state index contributed by atoms with van der Waals surface area (Å²) in [6.07, 6.45) is 7.27. The fourth-order valence-corrected chi connectivity index (χ4v) is 4.64. The molecule has 0 aliphatic heterocycles. The zero-order valence-corrected chi connectivity index (χ0v) is 13.8. The molecule has 6 heteroatoms. The quantitative estimate of drug-likeness (QED) is 0.877. The lowest BCUT2D eigenvalue weighted by Crippen LogP contribution is -2.44. The van der Waals surface area contributed by atoms with Crippen molar-refractivity contribution in [2.24, 2.45) is 11.8 Å². The highest BCUT2D eigenvalue weighted by Gasteiger charge is 2.32. The van der Waals surface area contributed by atoms with Crippen molar-refractivity contribution in [3.05, 3.63) is 18.5 Å². The molecule has 1 aromatic heterocycles. The molecule has 0 saturated heterocycles. The number of rotatable bonds is 5. The number of aromatic nitrogens is 1. The summed E-state index contributed by atoms with van der Waals surface area (Å²) in [5, 5.41) is 2.91. The first-order valence-electron chi connectivity index (χ1n) is 7.60. The van der Waals surface area contributed by atoms with Crippen LogP contribution in [0.2, 0.25) is 0 Å². The normalized spacial score (nSPS) is 23.2. The molecule has 118 valence electrons. The van der Waals surface area contributed by atoms with E-state index in [9.17, 15) is 8.42 Å². The van der Waals surface area contributed by atoms with E-state index in [0.29, 0.717) is 17.5 Å². The van der Waals surface area contributed by atoms with Gasteiger partial charge < -0.3 is 5.32 Å². The fourth-order valence-electron chi connectivity index (χ4n) is 3.17. The predicted molar refractivity (Wildman–Crippen MR) is 84.7 cm³/mol. The van der Waals surface area contributed by atoms with E-state index in [2.05, 4.69) is 28.9 Å². The number of pyridine rings is 1. The Morgan fingerprint density at radius 3 is 2.67 bits per heavy atom. The van der Waals surface area contributed by atoms with Gasteiger partial charge in [-0.1, -0.05) is 26.7 Å². The van der Waals surface area contributed by atoms with E-state index in [0.717, 1.165) is 19.3 Å². The van der Waals surface area contributed by atoms with Crippen LogP contribution in [0.3, 0.4) is 0 Å². The van der Waals surface area contributed by atoms with Crippen LogP contribution in [0, 0.1) is 11.8 Å². The minimum atomic E-state index is -3.54. The van der Waals surface area contributed by atoms with Crippen molar-refractivity contribution in [3.8, 4) is 0 Å². The molecule has 0 spiro atoms. The Morgan fingerprint density at radius 1 is 1.29 bits per heavy atom. The zero-order valence-electron chi connectivity index (χ0n) is 13.0. The van der Waals surface area contributed by atoms with Gasteiger partial charge in [-0.05, 0) is 30.7 Å². The highest BCUT2D eigenvalue weighted by Crippen LogP contribution is 2.31. The molecule has 5 nitrogen and oxygen atoms in total. The maximum Gasteiger partial charge on any atom is 0.244 e. The second kappa shape index (κ2) is 6.75. The van der Waals surface area contributed by atoms with Crippen molar-refractivity contribution < 1.29 is 8.42 Å². The average Bonchev–Trinajstić information content (AvgIpc) is 2.47. The van der Waals surface area contributed by atoms with Crippen LogP contribution in [0.15, 0.2) is 23.4 Å². The number of nitrogens with zero attached hydrogens (tertiary/aromatic N) is 1. The molecule has 2 unspecified atom stereocenters. The third-order valence-electron chi connectivity index (χ3n) is 4.33. The standard InChI is InChI=1S/C15H25N3O2S/c1-11(2)12-6-4-5-7-13(12)18-21(19,20)15-10-17-9-8-14(15)16-3/h8-13,18H,4-7H2,1-3H3,(H,16,17). The molecule has 0 bridgehead atoms. The smallest absolute Gasteiger partial charge is 0.244 e. The van der Waals surface area contributed by atoms with Gasteiger partial charge >= 0.3 is 0 Å². The molecule has 21 heavy (non-hydrogen) atoms. The summed E-state index contributed by atoms with van der Waals surface area (Å²) >= 11 is 0. The van der Waals surface area contributed by atoms with Gasteiger partial charge in [-0.3, -0.25) is 4.98 Å². The summed E-state index contributed by atoms with van der Waals surface area (Å²) in [4.78, 5) is 4.17. The molecule has 1 aliphatic rings. The first kappa shape index (κ1) is 16.2. The zero-order chi connectivity index (χ0) is 15.5. The second-order valence-electron chi connectivity index (χ2n) is 6.04. The Morgan fingerprint density at radius 2 is 2.00 bits per heavy atom. The molecule has 1 saturated carbocycles. The van der Waals surface area contributed by atoms with Crippen LogP contribution in [0.4, 0.5) is 5.69 Å². The molecule has 2 atom stereocenters. The van der Waals surface area contributed by atoms with Gasteiger partial charge in [0.25, 0.3) is 0 Å². The van der Waals surface area contributed by atoms with Gasteiger partial charge in [0.15, 0.2) is 0 Å². The number of hydrogen-bond donors (Lipinski definition) is 2. The van der Waals surface area contributed by atoms with Crippen LogP contribution >= 0.6 is 0 Å². The Kier molecular flexibility index (Phi) is 5.22. The van der Waals surface area contributed by atoms with Crippen LogP contribution in [0.1, 0.15) is 39.5 Å². The average molecular weight is 311 g/mol. The van der Waals surface area contributed by atoms with Gasteiger partial charge in [-0.2, -0.15) is 0 Å². The molecule has 2 rings (SSSR count). The molecule has 1 heterocycles. The molecule has 1 aliphatic carbocycles. The third kappa shape index (κ3) is 3.74. The van der Waals surface area contributed by atoms with E-state index < -0.39 is 10.0 Å². The summed E-state index contributed by atoms with van der Waals surface area (Å²) in [7, 11) is -1.83. The topological polar surface area (TPSA) is 71.1 Å². The number of nitrogens with one attached hydrogen (secondary N) is 2. The Bertz CT molecular complexity index is 572. The van der Waals surface area contributed by atoms with Crippen LogP contribution in [0.25, 0.3) is 0 Å². The summed E-state index contributed by atoms with van der Waals surface area (Å²) in [5.41, 5.74) is 0.578. The summed E-state index contributed by atoms with van der Waals surface area (Å²) in [6.45, 7) is 4.33. The third-order valence-corrected chi connectivity index (χ3v) is 5.84. The summed E-state index contributed by atoms with van der Waals surface area (Å²) in [6, 6.07) is 1.70. The molecule has 0 aromatic carbocycles.